The standard InChI is InChI=1S/C19H25F2N5O3S/c1-11(27)25-9-14(6-17(22)19(25)15-5-13(20)3-4-16(15)21)24-7-12-8-26(30(2,28)29)23-18(12)10-24/h3-4,8,14-15,17,19H,5-7,9-10,22H2,1-2H3/t14?,15?,17?,19-/m1/s1. The molecule has 30 heavy (non-hydrogen) atoms. The summed E-state index contributed by atoms with van der Waals surface area (Å²) in [5, 5.41) is 4.16. The minimum Gasteiger partial charge on any atom is -0.336 e. The molecule has 1 aromatic rings. The molecule has 1 saturated heterocycles. The first kappa shape index (κ1) is 21.1. The predicted octanol–water partition coefficient (Wildman–Crippen LogP) is 1.05. The number of amides is 1. The molecule has 1 aromatic heterocycles. The van der Waals surface area contributed by atoms with Crippen LogP contribution in [-0.2, 0) is 27.9 Å². The lowest BCUT2D eigenvalue weighted by atomic mass is 9.80. The van der Waals surface area contributed by atoms with Gasteiger partial charge in [0, 0.05) is 62.7 Å². The minimum absolute atomic E-state index is 0.0861. The number of hydrogen-bond donors (Lipinski definition) is 1. The maximum absolute atomic E-state index is 14.5. The monoisotopic (exact) mass is 441 g/mol. The minimum atomic E-state index is -3.44. The molecular weight excluding hydrogens is 416 g/mol. The Morgan fingerprint density at radius 3 is 2.63 bits per heavy atom. The second kappa shape index (κ2) is 7.54. The fraction of sp³-hybridized carbons (Fsp3) is 0.579. The molecule has 11 heteroatoms. The number of allylic oxidation sites excluding steroid dienone is 3. The van der Waals surface area contributed by atoms with Gasteiger partial charge >= 0.3 is 0 Å². The number of nitrogens with zero attached hydrogens (tertiary/aromatic N) is 4. The zero-order valence-electron chi connectivity index (χ0n) is 16.8. The van der Waals surface area contributed by atoms with Crippen LogP contribution in [0.1, 0.15) is 31.0 Å². The first-order chi connectivity index (χ1) is 14.0. The molecule has 0 aromatic carbocycles. The summed E-state index contributed by atoms with van der Waals surface area (Å²) in [5.74, 6) is -1.91. The summed E-state index contributed by atoms with van der Waals surface area (Å²) in [6.07, 6.45) is 5.23. The molecule has 1 aliphatic carbocycles. The number of nitrogens with two attached hydrogens (primary N) is 1. The topological polar surface area (TPSA) is 102 Å². The fourth-order valence-electron chi connectivity index (χ4n) is 4.76. The van der Waals surface area contributed by atoms with Gasteiger partial charge in [-0.2, -0.15) is 9.19 Å². The molecular formula is C19H25F2N5O3S. The quantitative estimate of drug-likeness (QED) is 0.753. The molecule has 0 spiro atoms. The predicted molar refractivity (Wildman–Crippen MR) is 106 cm³/mol. The van der Waals surface area contributed by atoms with Gasteiger partial charge in [0.25, 0.3) is 10.0 Å². The third kappa shape index (κ3) is 3.81. The van der Waals surface area contributed by atoms with E-state index in [0.717, 1.165) is 28.1 Å². The smallest absolute Gasteiger partial charge is 0.250 e. The van der Waals surface area contributed by atoms with Crippen molar-refractivity contribution < 1.29 is 22.0 Å². The van der Waals surface area contributed by atoms with Gasteiger partial charge in [0.1, 0.15) is 11.7 Å². The molecule has 3 aliphatic rings. The third-order valence-corrected chi connectivity index (χ3v) is 7.06. The summed E-state index contributed by atoms with van der Waals surface area (Å²) >= 11 is 0. The van der Waals surface area contributed by atoms with Crippen LogP contribution in [0, 0.1) is 5.92 Å². The highest BCUT2D eigenvalue weighted by Crippen LogP contribution is 2.37. The van der Waals surface area contributed by atoms with E-state index < -0.39 is 39.7 Å². The Morgan fingerprint density at radius 1 is 1.27 bits per heavy atom. The summed E-state index contributed by atoms with van der Waals surface area (Å²) in [4.78, 5) is 16.0. The fourth-order valence-corrected chi connectivity index (χ4v) is 5.33. The summed E-state index contributed by atoms with van der Waals surface area (Å²) in [6.45, 7) is 2.70. The van der Waals surface area contributed by atoms with Gasteiger partial charge in [-0.3, -0.25) is 9.69 Å². The normalized spacial score (nSPS) is 30.1. The van der Waals surface area contributed by atoms with Crippen LogP contribution in [-0.4, -0.2) is 64.2 Å². The van der Waals surface area contributed by atoms with Gasteiger partial charge in [-0.05, 0) is 18.6 Å². The van der Waals surface area contributed by atoms with Crippen molar-refractivity contribution in [3.63, 3.8) is 0 Å². The van der Waals surface area contributed by atoms with Crippen LogP contribution in [0.4, 0.5) is 8.78 Å². The van der Waals surface area contributed by atoms with E-state index >= 15 is 0 Å². The molecule has 0 bridgehead atoms. The maximum atomic E-state index is 14.5. The molecule has 8 nitrogen and oxygen atoms in total. The number of halogens is 2. The van der Waals surface area contributed by atoms with E-state index in [9.17, 15) is 22.0 Å². The average molecular weight is 442 g/mol. The Balaban J connectivity index is 1.52. The summed E-state index contributed by atoms with van der Waals surface area (Å²) in [5.41, 5.74) is 7.91. The lowest BCUT2D eigenvalue weighted by Crippen LogP contribution is -2.63. The molecule has 1 amide bonds. The molecule has 1 fully saturated rings. The lowest BCUT2D eigenvalue weighted by molar-refractivity contribution is -0.136. The zero-order chi connectivity index (χ0) is 21.8. The van der Waals surface area contributed by atoms with Gasteiger partial charge in [0.05, 0.1) is 18.0 Å². The van der Waals surface area contributed by atoms with Gasteiger partial charge in [-0.25, -0.2) is 17.2 Å². The Hall–Kier alpha value is -2.11. The van der Waals surface area contributed by atoms with Crippen LogP contribution in [0.2, 0.25) is 0 Å². The number of hydrogen-bond acceptors (Lipinski definition) is 6. The van der Waals surface area contributed by atoms with Crippen LogP contribution in [0.15, 0.2) is 30.0 Å². The van der Waals surface area contributed by atoms with E-state index in [0.29, 0.717) is 31.7 Å². The summed E-state index contributed by atoms with van der Waals surface area (Å²) in [7, 11) is -3.44. The summed E-state index contributed by atoms with van der Waals surface area (Å²) in [6, 6.07) is -1.22. The molecule has 4 atom stereocenters. The van der Waals surface area contributed by atoms with Crippen LogP contribution < -0.4 is 5.73 Å². The highest BCUT2D eigenvalue weighted by atomic mass is 32.2. The van der Waals surface area contributed by atoms with Gasteiger partial charge in [-0.15, -0.1) is 0 Å². The van der Waals surface area contributed by atoms with Crippen LogP contribution in [0.3, 0.4) is 0 Å². The number of carbonyl (C=O) groups is 1. The molecule has 0 radical (unpaired) electrons. The zero-order valence-corrected chi connectivity index (χ0v) is 17.6. The number of likely N-dealkylation sites (tertiary alicyclic amines) is 1. The van der Waals surface area contributed by atoms with E-state index in [4.69, 9.17) is 5.73 Å². The molecule has 0 saturated carbocycles. The molecule has 2 N–H and O–H groups in total. The maximum Gasteiger partial charge on any atom is 0.250 e. The van der Waals surface area contributed by atoms with Crippen molar-refractivity contribution in [1.29, 1.82) is 0 Å². The van der Waals surface area contributed by atoms with Gasteiger partial charge < -0.3 is 10.6 Å². The van der Waals surface area contributed by atoms with E-state index in [-0.39, 0.29) is 18.4 Å². The largest absolute Gasteiger partial charge is 0.336 e. The Morgan fingerprint density at radius 2 is 2.00 bits per heavy atom. The van der Waals surface area contributed by atoms with Crippen molar-refractivity contribution in [2.24, 2.45) is 11.7 Å². The van der Waals surface area contributed by atoms with Gasteiger partial charge in [-0.1, -0.05) is 0 Å². The van der Waals surface area contributed by atoms with Crippen LogP contribution in [0.5, 0.6) is 0 Å². The molecule has 3 heterocycles. The number of carbonyl (C=O) groups excluding carboxylic acids is 1. The molecule has 4 rings (SSSR count). The van der Waals surface area contributed by atoms with E-state index in [1.165, 1.54) is 13.1 Å². The number of aromatic nitrogens is 2. The van der Waals surface area contributed by atoms with E-state index in [1.807, 2.05) is 0 Å². The van der Waals surface area contributed by atoms with Gasteiger partial charge in [0.2, 0.25) is 5.91 Å². The number of piperidine rings is 1. The second-order valence-corrected chi connectivity index (χ2v) is 10.2. The molecule has 3 unspecified atom stereocenters. The first-order valence-corrected chi connectivity index (χ1v) is 11.7. The Bertz CT molecular complexity index is 1010. The first-order valence-electron chi connectivity index (χ1n) is 9.81. The Kier molecular flexibility index (Phi) is 5.31. The van der Waals surface area contributed by atoms with Crippen LogP contribution >= 0.6 is 0 Å². The number of rotatable bonds is 3. The molecule has 2 aliphatic heterocycles. The van der Waals surface area contributed by atoms with Crippen molar-refractivity contribution >= 4 is 15.9 Å². The lowest BCUT2D eigenvalue weighted by Gasteiger charge is -2.48. The average Bonchev–Trinajstić information content (AvgIpc) is 3.22. The Labute approximate surface area is 174 Å². The second-order valence-electron chi connectivity index (χ2n) is 8.33. The van der Waals surface area contributed by atoms with Crippen molar-refractivity contribution in [2.45, 2.75) is 51.0 Å². The van der Waals surface area contributed by atoms with E-state index in [1.54, 1.807) is 4.90 Å². The molecule has 164 valence electrons. The highest BCUT2D eigenvalue weighted by Gasteiger charge is 2.45. The van der Waals surface area contributed by atoms with Crippen molar-refractivity contribution in [1.82, 2.24) is 19.0 Å². The SMILES string of the molecule is CC(=O)N1CC(N2Cc3cn(S(C)(=O)=O)nc3C2)CC(N)[C@H]1C1CC(F)=CC=C1F. The third-order valence-electron chi connectivity index (χ3n) is 6.20. The van der Waals surface area contributed by atoms with Crippen molar-refractivity contribution in [3.8, 4) is 0 Å². The number of fused-ring (bicyclic) bond motifs is 1. The highest BCUT2D eigenvalue weighted by molar-refractivity contribution is 7.89. The van der Waals surface area contributed by atoms with E-state index in [2.05, 4.69) is 10.00 Å². The summed E-state index contributed by atoms with van der Waals surface area (Å²) < 4.78 is 52.6. The van der Waals surface area contributed by atoms with Crippen molar-refractivity contribution in [2.75, 3.05) is 12.8 Å². The van der Waals surface area contributed by atoms with Gasteiger partial charge in [0.15, 0.2) is 0 Å². The van der Waals surface area contributed by atoms with Crippen molar-refractivity contribution in [3.05, 3.63) is 41.3 Å². The van der Waals surface area contributed by atoms with Crippen LogP contribution in [0.25, 0.3) is 0 Å².